The lowest BCUT2D eigenvalue weighted by molar-refractivity contribution is 0.493. The Bertz CT molecular complexity index is 195. The van der Waals surface area contributed by atoms with Crippen LogP contribution in [0.15, 0.2) is 40.8 Å². The molecule has 0 heterocycles. The summed E-state index contributed by atoms with van der Waals surface area (Å²) in [5.41, 5.74) is 0.528. The molecule has 0 aromatic heterocycles. The number of hydrogen-bond acceptors (Lipinski definition) is 2. The Morgan fingerprint density at radius 2 is 1.78 bits per heavy atom. The maximum absolute atomic E-state index is 11.1. The van der Waals surface area contributed by atoms with Gasteiger partial charge in [0.1, 0.15) is 0 Å². The lowest BCUT2D eigenvalue weighted by Crippen LogP contribution is -1.57. The molecular weight excluding hydrogens is 119 g/mol. The maximum Gasteiger partial charge on any atom is 0.0882 e. The molecule has 0 saturated heterocycles. The molecule has 0 N–H and O–H groups in total. The van der Waals surface area contributed by atoms with Crippen LogP contribution < -0.4 is 0 Å². The van der Waals surface area contributed by atoms with E-state index in [1.54, 1.807) is 24.3 Å². The minimum atomic E-state index is 0.528. The molecule has 0 radical (unpaired) electrons. The third-order valence-electron chi connectivity index (χ3n) is 0.909. The van der Waals surface area contributed by atoms with Crippen LogP contribution in [-0.4, -0.2) is 0 Å². The van der Waals surface area contributed by atoms with Crippen molar-refractivity contribution in [2.24, 2.45) is 10.5 Å². The second-order valence-electron chi connectivity index (χ2n) is 1.51. The van der Waals surface area contributed by atoms with Crippen LogP contribution in [0.25, 0.3) is 0 Å². The van der Waals surface area contributed by atoms with Gasteiger partial charge in [0.2, 0.25) is 0 Å². The first-order valence-corrected chi connectivity index (χ1v) is 2.50. The minimum absolute atomic E-state index is 0.528. The van der Waals surface area contributed by atoms with E-state index in [1.165, 1.54) is 0 Å². The molecule has 0 amide bonds. The Labute approximate surface area is 52.0 Å². The molecule has 46 valence electrons. The van der Waals surface area contributed by atoms with E-state index in [9.17, 15) is 4.48 Å². The van der Waals surface area contributed by atoms with Gasteiger partial charge in [-0.3, -0.25) is 0 Å². The van der Waals surface area contributed by atoms with Crippen molar-refractivity contribution in [1.82, 2.24) is 0 Å². The van der Waals surface area contributed by atoms with E-state index < -0.39 is 0 Å². The van der Waals surface area contributed by atoms with E-state index in [2.05, 4.69) is 10.5 Å². The van der Waals surface area contributed by atoms with Gasteiger partial charge in [-0.05, 0) is 12.1 Å². The van der Waals surface area contributed by atoms with Gasteiger partial charge in [-0.15, -0.1) is 5.11 Å². The quantitative estimate of drug-likeness (QED) is 0.514. The van der Waals surface area contributed by atoms with E-state index in [4.69, 9.17) is 0 Å². The summed E-state index contributed by atoms with van der Waals surface area (Å²) in [5.74, 6) is 0. The molecule has 0 atom stereocenters. The van der Waals surface area contributed by atoms with Gasteiger partial charge in [-0.1, -0.05) is 22.7 Å². The van der Waals surface area contributed by atoms with Gasteiger partial charge in [-0.2, -0.15) is 0 Å². The number of nitrogens with zero attached hydrogens (tertiary/aromatic N) is 2. The molecular formula is C6H5FN2. The van der Waals surface area contributed by atoms with Crippen molar-refractivity contribution in [3.63, 3.8) is 0 Å². The third-order valence-corrected chi connectivity index (χ3v) is 0.909. The van der Waals surface area contributed by atoms with Crippen molar-refractivity contribution in [2.75, 3.05) is 0 Å². The van der Waals surface area contributed by atoms with Crippen LogP contribution in [0.4, 0.5) is 10.2 Å². The summed E-state index contributed by atoms with van der Waals surface area (Å²) in [6.07, 6.45) is 0. The number of halogens is 1. The van der Waals surface area contributed by atoms with Gasteiger partial charge in [0, 0.05) is 5.34 Å². The van der Waals surface area contributed by atoms with Gasteiger partial charge in [0.15, 0.2) is 0 Å². The molecule has 1 rings (SSSR count). The van der Waals surface area contributed by atoms with Crippen LogP contribution in [0.3, 0.4) is 0 Å². The predicted molar refractivity (Wildman–Crippen MR) is 32.1 cm³/mol. The Morgan fingerprint density at radius 1 is 1.11 bits per heavy atom. The van der Waals surface area contributed by atoms with Crippen molar-refractivity contribution >= 4 is 5.69 Å². The van der Waals surface area contributed by atoms with Crippen LogP contribution in [0.1, 0.15) is 0 Å². The second kappa shape index (κ2) is 2.91. The molecule has 0 fully saturated rings. The molecule has 0 aliphatic carbocycles. The third kappa shape index (κ3) is 1.60. The Hall–Kier alpha value is -1.25. The summed E-state index contributed by atoms with van der Waals surface area (Å²) < 4.78 is 11.1. The highest BCUT2D eigenvalue weighted by Gasteiger charge is 1.81. The molecule has 0 spiro atoms. The first-order valence-electron chi connectivity index (χ1n) is 2.50. The highest BCUT2D eigenvalue weighted by Crippen LogP contribution is 2.09. The molecule has 0 aliphatic rings. The average Bonchev–Trinajstić information content (AvgIpc) is 1.91. The molecule has 3 heteroatoms. The van der Waals surface area contributed by atoms with Crippen LogP contribution >= 0.6 is 0 Å². The number of benzene rings is 1. The summed E-state index contributed by atoms with van der Waals surface area (Å²) in [7, 11) is 0. The molecule has 0 aliphatic heterocycles. The normalized spacial score (nSPS) is 10.3. The summed E-state index contributed by atoms with van der Waals surface area (Å²) >= 11 is 0. The largest absolute Gasteiger partial charge is 0.122 e. The highest BCUT2D eigenvalue weighted by atomic mass is 19.2. The van der Waals surface area contributed by atoms with Crippen LogP contribution in [-0.2, 0) is 0 Å². The minimum Gasteiger partial charge on any atom is -0.122 e. The van der Waals surface area contributed by atoms with Crippen LogP contribution in [0, 0.1) is 0 Å². The zero-order valence-electron chi connectivity index (χ0n) is 4.66. The fraction of sp³-hybridized carbons (Fsp3) is 0. The van der Waals surface area contributed by atoms with E-state index in [-0.39, 0.29) is 0 Å². The topological polar surface area (TPSA) is 24.7 Å². The summed E-state index contributed by atoms with van der Waals surface area (Å²) in [5, 5.41) is 5.30. The fourth-order valence-electron chi connectivity index (χ4n) is 0.538. The Kier molecular flexibility index (Phi) is 1.90. The second-order valence-corrected chi connectivity index (χ2v) is 1.51. The van der Waals surface area contributed by atoms with Crippen molar-refractivity contribution < 1.29 is 4.48 Å². The van der Waals surface area contributed by atoms with Crippen molar-refractivity contribution in [3.05, 3.63) is 30.3 Å². The Balaban J connectivity index is 2.85. The zero-order chi connectivity index (χ0) is 6.53. The standard InChI is InChI=1S/C6H5FN2/c7-9-8-6-4-2-1-3-5-6/h1-5H/b9-8-. The lowest BCUT2D eigenvalue weighted by atomic mass is 10.3. The van der Waals surface area contributed by atoms with Crippen molar-refractivity contribution in [2.45, 2.75) is 0 Å². The van der Waals surface area contributed by atoms with E-state index in [0.29, 0.717) is 5.69 Å². The predicted octanol–water partition coefficient (Wildman–Crippen LogP) is 2.65. The molecule has 0 saturated carbocycles. The summed E-state index contributed by atoms with van der Waals surface area (Å²) in [4.78, 5) is 0. The van der Waals surface area contributed by atoms with Gasteiger partial charge in [-0.25, -0.2) is 0 Å². The van der Waals surface area contributed by atoms with Crippen molar-refractivity contribution in [1.29, 1.82) is 0 Å². The van der Waals surface area contributed by atoms with Gasteiger partial charge in [0.05, 0.1) is 5.69 Å². The number of hydrogen-bond donors (Lipinski definition) is 0. The van der Waals surface area contributed by atoms with Crippen LogP contribution in [0.2, 0.25) is 0 Å². The van der Waals surface area contributed by atoms with E-state index in [0.717, 1.165) is 0 Å². The summed E-state index contributed by atoms with van der Waals surface area (Å²) in [6.45, 7) is 0. The highest BCUT2D eigenvalue weighted by molar-refractivity contribution is 5.34. The average molecular weight is 124 g/mol. The van der Waals surface area contributed by atoms with E-state index >= 15 is 0 Å². The first kappa shape index (κ1) is 5.88. The van der Waals surface area contributed by atoms with Gasteiger partial charge in [0.25, 0.3) is 0 Å². The van der Waals surface area contributed by atoms with Crippen LogP contribution in [0.5, 0.6) is 0 Å². The fourth-order valence-corrected chi connectivity index (χ4v) is 0.538. The zero-order valence-corrected chi connectivity index (χ0v) is 4.66. The SMILES string of the molecule is F/N=N\c1ccccc1. The molecule has 1 aromatic rings. The molecule has 9 heavy (non-hydrogen) atoms. The lowest BCUT2D eigenvalue weighted by Gasteiger charge is -1.83. The molecule has 2 nitrogen and oxygen atoms in total. The Morgan fingerprint density at radius 3 is 2.33 bits per heavy atom. The van der Waals surface area contributed by atoms with Crippen molar-refractivity contribution in [3.8, 4) is 0 Å². The number of rotatable bonds is 1. The van der Waals surface area contributed by atoms with Gasteiger partial charge >= 0.3 is 0 Å². The van der Waals surface area contributed by atoms with Gasteiger partial charge < -0.3 is 0 Å². The molecule has 0 unspecified atom stereocenters. The summed E-state index contributed by atoms with van der Waals surface area (Å²) in [6, 6.07) is 8.71. The molecule has 1 aromatic carbocycles. The monoisotopic (exact) mass is 124 g/mol. The van der Waals surface area contributed by atoms with E-state index in [1.807, 2.05) is 6.07 Å². The maximum atomic E-state index is 11.1. The smallest absolute Gasteiger partial charge is 0.0882 e. The first-order chi connectivity index (χ1) is 4.43. The molecule has 0 bridgehead atoms.